The third-order valence-corrected chi connectivity index (χ3v) is 5.03. The molecule has 2 amide bonds. The molecular weight excluding hydrogens is 360 g/mol. The number of anilines is 2. The summed E-state index contributed by atoms with van der Waals surface area (Å²) >= 11 is 0. The number of piperidine rings is 1. The summed E-state index contributed by atoms with van der Waals surface area (Å²) in [6, 6.07) is 11.2. The van der Waals surface area contributed by atoms with Crippen LogP contribution in [0.2, 0.25) is 0 Å². The Bertz CT molecular complexity index is 881. The summed E-state index contributed by atoms with van der Waals surface area (Å²) in [6.07, 6.45) is 2.11. The molecule has 146 valence electrons. The van der Waals surface area contributed by atoms with Gasteiger partial charge in [0, 0.05) is 25.0 Å². The Morgan fingerprint density at radius 1 is 1.32 bits per heavy atom. The van der Waals surface area contributed by atoms with Crippen molar-refractivity contribution in [2.45, 2.75) is 25.3 Å². The molecule has 0 bridgehead atoms. The maximum Gasteiger partial charge on any atom is 0.407 e. The van der Waals surface area contributed by atoms with Crippen molar-refractivity contribution in [3.05, 3.63) is 42.1 Å². The van der Waals surface area contributed by atoms with Gasteiger partial charge in [0.1, 0.15) is 5.56 Å². The molecule has 2 aromatic rings. The van der Waals surface area contributed by atoms with Gasteiger partial charge in [-0.15, -0.1) is 0 Å². The van der Waals surface area contributed by atoms with Gasteiger partial charge in [0.25, 0.3) is 5.91 Å². The van der Waals surface area contributed by atoms with Crippen molar-refractivity contribution in [2.24, 2.45) is 11.7 Å². The van der Waals surface area contributed by atoms with Crippen LogP contribution in [-0.4, -0.2) is 44.9 Å². The van der Waals surface area contributed by atoms with Crippen LogP contribution in [0.1, 0.15) is 35.7 Å². The van der Waals surface area contributed by atoms with Gasteiger partial charge in [-0.2, -0.15) is 10.4 Å². The van der Waals surface area contributed by atoms with Crippen molar-refractivity contribution in [2.75, 3.05) is 18.4 Å². The van der Waals surface area contributed by atoms with E-state index < -0.39 is 12.0 Å². The lowest BCUT2D eigenvalue weighted by atomic mass is 9.88. The molecule has 28 heavy (non-hydrogen) atoms. The summed E-state index contributed by atoms with van der Waals surface area (Å²) < 4.78 is 1.62. The first-order valence-electron chi connectivity index (χ1n) is 9.05. The lowest BCUT2D eigenvalue weighted by Crippen LogP contribution is -2.39. The predicted octanol–water partition coefficient (Wildman–Crippen LogP) is 2.57. The van der Waals surface area contributed by atoms with E-state index in [9.17, 15) is 14.9 Å². The van der Waals surface area contributed by atoms with Crippen molar-refractivity contribution < 1.29 is 14.7 Å². The van der Waals surface area contributed by atoms with Crippen molar-refractivity contribution in [3.63, 3.8) is 0 Å². The molecule has 0 aliphatic carbocycles. The number of likely N-dealkylation sites (tertiary alicyclic amines) is 1. The third-order valence-electron chi connectivity index (χ3n) is 5.03. The van der Waals surface area contributed by atoms with Crippen LogP contribution in [0, 0.1) is 17.2 Å². The molecule has 1 saturated heterocycles. The van der Waals surface area contributed by atoms with E-state index in [-0.39, 0.29) is 23.9 Å². The molecule has 1 aliphatic rings. The molecule has 0 unspecified atom stereocenters. The molecule has 1 aliphatic heterocycles. The molecule has 2 heterocycles. The Labute approximate surface area is 162 Å². The fourth-order valence-corrected chi connectivity index (χ4v) is 3.54. The average molecular weight is 382 g/mol. The molecule has 9 nitrogen and oxygen atoms in total. The van der Waals surface area contributed by atoms with Crippen molar-refractivity contribution in [1.29, 1.82) is 5.26 Å². The molecule has 0 saturated carbocycles. The van der Waals surface area contributed by atoms with Crippen LogP contribution in [0.15, 0.2) is 36.5 Å². The lowest BCUT2D eigenvalue weighted by molar-refractivity contribution is 0.0998. The Morgan fingerprint density at radius 2 is 2.00 bits per heavy atom. The Morgan fingerprint density at radius 3 is 2.57 bits per heavy atom. The van der Waals surface area contributed by atoms with E-state index >= 15 is 0 Å². The number of carbonyl (C=O) groups excluding carboxylic acids is 1. The highest BCUT2D eigenvalue weighted by molar-refractivity contribution is 5.98. The number of hydrogen-bond donors (Lipinski definition) is 3. The zero-order chi connectivity index (χ0) is 20.1. The summed E-state index contributed by atoms with van der Waals surface area (Å²) in [4.78, 5) is 24.4. The van der Waals surface area contributed by atoms with Gasteiger partial charge in [0.15, 0.2) is 5.82 Å². The van der Waals surface area contributed by atoms with Gasteiger partial charge in [0.05, 0.1) is 18.5 Å². The minimum atomic E-state index is -0.931. The second-order valence-corrected chi connectivity index (χ2v) is 6.76. The molecule has 0 spiro atoms. The first kappa shape index (κ1) is 19.2. The SMILES string of the molecule is N#CC[C@@H](C1CCN(C(=O)O)CC1)n1cc(C(N)=O)c(Nc2ccccc2)n1. The van der Waals surface area contributed by atoms with Crippen molar-refractivity contribution >= 4 is 23.5 Å². The topological polar surface area (TPSA) is 137 Å². The normalized spacial score (nSPS) is 15.6. The lowest BCUT2D eigenvalue weighted by Gasteiger charge is -2.34. The Balaban J connectivity index is 1.85. The van der Waals surface area contributed by atoms with Crippen LogP contribution in [-0.2, 0) is 0 Å². The number of amides is 2. The molecule has 4 N–H and O–H groups in total. The van der Waals surface area contributed by atoms with E-state index in [2.05, 4.69) is 16.5 Å². The zero-order valence-electron chi connectivity index (χ0n) is 15.3. The Kier molecular flexibility index (Phi) is 5.79. The molecular formula is C19H22N6O3. The fourth-order valence-electron chi connectivity index (χ4n) is 3.54. The van der Waals surface area contributed by atoms with E-state index in [0.717, 1.165) is 5.69 Å². The van der Waals surface area contributed by atoms with Gasteiger partial charge < -0.3 is 21.1 Å². The van der Waals surface area contributed by atoms with E-state index in [0.29, 0.717) is 31.7 Å². The maximum atomic E-state index is 11.9. The number of nitrogens with zero attached hydrogens (tertiary/aromatic N) is 4. The molecule has 9 heteroatoms. The smallest absolute Gasteiger partial charge is 0.407 e. The highest BCUT2D eigenvalue weighted by Crippen LogP contribution is 2.32. The number of carbonyl (C=O) groups is 2. The number of hydrogen-bond acceptors (Lipinski definition) is 5. The second kappa shape index (κ2) is 8.43. The van der Waals surface area contributed by atoms with E-state index in [4.69, 9.17) is 10.8 Å². The fraction of sp³-hybridized carbons (Fsp3) is 0.368. The van der Waals surface area contributed by atoms with Crippen molar-refractivity contribution in [1.82, 2.24) is 14.7 Å². The van der Waals surface area contributed by atoms with Crippen molar-refractivity contribution in [3.8, 4) is 6.07 Å². The van der Waals surface area contributed by atoms with Crippen LogP contribution in [0.25, 0.3) is 0 Å². The largest absolute Gasteiger partial charge is 0.465 e. The predicted molar refractivity (Wildman–Crippen MR) is 102 cm³/mol. The Hall–Kier alpha value is -3.54. The maximum absolute atomic E-state index is 11.9. The van der Waals surface area contributed by atoms with Gasteiger partial charge in [-0.3, -0.25) is 9.48 Å². The molecule has 1 fully saturated rings. The minimum absolute atomic E-state index is 0.0838. The monoisotopic (exact) mass is 382 g/mol. The number of nitrogens with one attached hydrogen (secondary N) is 1. The number of aromatic nitrogens is 2. The summed E-state index contributed by atoms with van der Waals surface area (Å²) in [5.41, 5.74) is 6.53. The van der Waals surface area contributed by atoms with Crippen LogP contribution in [0.3, 0.4) is 0 Å². The summed E-state index contributed by atoms with van der Waals surface area (Å²) in [5, 5.41) is 26.0. The first-order valence-corrected chi connectivity index (χ1v) is 9.05. The average Bonchev–Trinajstić information content (AvgIpc) is 3.10. The minimum Gasteiger partial charge on any atom is -0.465 e. The number of primary amides is 1. The summed E-state index contributed by atoms with van der Waals surface area (Å²) in [6.45, 7) is 0.835. The van der Waals surface area contributed by atoms with Crippen LogP contribution in [0.5, 0.6) is 0 Å². The van der Waals surface area contributed by atoms with E-state index in [1.807, 2.05) is 30.3 Å². The molecule has 3 rings (SSSR count). The number of nitrogens with two attached hydrogens (primary N) is 1. The van der Waals surface area contributed by atoms with E-state index in [1.165, 1.54) is 4.90 Å². The molecule has 1 aromatic carbocycles. The number of rotatable bonds is 6. The van der Waals surface area contributed by atoms with E-state index in [1.54, 1.807) is 10.9 Å². The van der Waals surface area contributed by atoms with Gasteiger partial charge in [-0.1, -0.05) is 18.2 Å². The van der Waals surface area contributed by atoms with Gasteiger partial charge >= 0.3 is 6.09 Å². The van der Waals surface area contributed by atoms with Crippen LogP contribution < -0.4 is 11.1 Å². The second-order valence-electron chi connectivity index (χ2n) is 6.76. The highest BCUT2D eigenvalue weighted by Gasteiger charge is 2.31. The zero-order valence-corrected chi connectivity index (χ0v) is 15.3. The molecule has 0 radical (unpaired) electrons. The van der Waals surface area contributed by atoms with Gasteiger partial charge in [-0.25, -0.2) is 4.79 Å². The third kappa shape index (κ3) is 4.23. The number of carboxylic acid groups (broad SMARTS) is 1. The number of benzene rings is 1. The van der Waals surface area contributed by atoms with Gasteiger partial charge in [0.2, 0.25) is 0 Å². The van der Waals surface area contributed by atoms with Crippen LogP contribution in [0.4, 0.5) is 16.3 Å². The quantitative estimate of drug-likeness (QED) is 0.702. The highest BCUT2D eigenvalue weighted by atomic mass is 16.4. The van der Waals surface area contributed by atoms with Crippen LogP contribution >= 0.6 is 0 Å². The standard InChI is InChI=1S/C19H22N6O3/c20-9-6-16(13-7-10-24(11-8-13)19(27)28)25-12-15(17(21)26)18(23-25)22-14-4-2-1-3-5-14/h1-5,12-13,16H,6-8,10-11H2,(H2,21,26)(H,22,23)(H,27,28)/t16-/m0/s1. The number of nitriles is 1. The molecule has 1 atom stereocenters. The van der Waals surface area contributed by atoms with Gasteiger partial charge in [-0.05, 0) is 30.9 Å². The number of para-hydroxylation sites is 1. The first-order chi connectivity index (χ1) is 13.5. The summed E-state index contributed by atoms with van der Waals surface area (Å²) in [7, 11) is 0. The summed E-state index contributed by atoms with van der Waals surface area (Å²) in [5.74, 6) is -0.189. The molecule has 1 aromatic heterocycles.